The Hall–Kier alpha value is -0.650. The Morgan fingerprint density at radius 1 is 1.62 bits per heavy atom. The molecule has 0 aromatic rings. The smallest absolute Gasteiger partial charge is 0.223 e. The second-order valence-corrected chi connectivity index (χ2v) is 4.09. The molecule has 0 aromatic heterocycles. The van der Waals surface area contributed by atoms with Crippen LogP contribution in [-0.4, -0.2) is 63.9 Å². The van der Waals surface area contributed by atoms with E-state index in [9.17, 15) is 4.79 Å². The van der Waals surface area contributed by atoms with Crippen LogP contribution in [0, 0.1) is 0 Å². The summed E-state index contributed by atoms with van der Waals surface area (Å²) in [6, 6.07) is 0.172. The van der Waals surface area contributed by atoms with Gasteiger partial charge in [-0.3, -0.25) is 4.79 Å². The van der Waals surface area contributed by atoms with Gasteiger partial charge in [0.05, 0.1) is 13.2 Å². The van der Waals surface area contributed by atoms with E-state index in [1.807, 2.05) is 7.05 Å². The van der Waals surface area contributed by atoms with Crippen molar-refractivity contribution in [2.75, 3.05) is 47.1 Å². The van der Waals surface area contributed by atoms with E-state index < -0.39 is 0 Å². The van der Waals surface area contributed by atoms with Crippen molar-refractivity contribution in [2.45, 2.75) is 18.9 Å². The van der Waals surface area contributed by atoms with Gasteiger partial charge in [0.15, 0.2) is 0 Å². The zero-order valence-electron chi connectivity index (χ0n) is 10.2. The van der Waals surface area contributed by atoms with Gasteiger partial charge in [-0.05, 0) is 6.42 Å². The number of methoxy groups -OCH3 is 1. The fourth-order valence-corrected chi connectivity index (χ4v) is 1.69. The van der Waals surface area contributed by atoms with Gasteiger partial charge in [0.2, 0.25) is 5.91 Å². The molecule has 1 unspecified atom stereocenters. The van der Waals surface area contributed by atoms with Crippen molar-refractivity contribution in [3.05, 3.63) is 0 Å². The van der Waals surface area contributed by atoms with Gasteiger partial charge in [-0.2, -0.15) is 0 Å². The standard InChI is InChI=1S/C11H22N2O3/c1-13(5-3-6-15-2)11(14)8-10-9-16-7-4-12-10/h10,12H,3-9H2,1-2H3. The predicted octanol–water partition coefficient (Wildman–Crippen LogP) is -0.140. The summed E-state index contributed by atoms with van der Waals surface area (Å²) in [4.78, 5) is 13.6. The zero-order valence-corrected chi connectivity index (χ0v) is 10.2. The highest BCUT2D eigenvalue weighted by molar-refractivity contribution is 5.76. The third kappa shape index (κ3) is 4.92. The number of nitrogens with one attached hydrogen (secondary N) is 1. The Morgan fingerprint density at radius 2 is 2.44 bits per heavy atom. The highest BCUT2D eigenvalue weighted by atomic mass is 16.5. The van der Waals surface area contributed by atoms with Crippen molar-refractivity contribution < 1.29 is 14.3 Å². The molecule has 0 aliphatic carbocycles. The molecule has 0 aromatic carbocycles. The van der Waals surface area contributed by atoms with Crippen LogP contribution >= 0.6 is 0 Å². The summed E-state index contributed by atoms with van der Waals surface area (Å²) in [6.45, 7) is 3.67. The molecule has 1 heterocycles. The second kappa shape index (κ2) is 7.60. The van der Waals surface area contributed by atoms with E-state index in [4.69, 9.17) is 9.47 Å². The molecule has 1 aliphatic heterocycles. The van der Waals surface area contributed by atoms with Crippen molar-refractivity contribution in [2.24, 2.45) is 0 Å². The quantitative estimate of drug-likeness (QED) is 0.645. The fourth-order valence-electron chi connectivity index (χ4n) is 1.69. The molecule has 1 saturated heterocycles. The van der Waals surface area contributed by atoms with Gasteiger partial charge < -0.3 is 19.7 Å². The molecule has 5 heteroatoms. The number of rotatable bonds is 6. The van der Waals surface area contributed by atoms with E-state index in [1.54, 1.807) is 12.0 Å². The van der Waals surface area contributed by atoms with Crippen molar-refractivity contribution in [1.82, 2.24) is 10.2 Å². The van der Waals surface area contributed by atoms with Gasteiger partial charge >= 0.3 is 0 Å². The molecule has 0 spiro atoms. The zero-order chi connectivity index (χ0) is 11.8. The van der Waals surface area contributed by atoms with Gasteiger partial charge in [-0.25, -0.2) is 0 Å². The van der Waals surface area contributed by atoms with Crippen LogP contribution in [0.5, 0.6) is 0 Å². The van der Waals surface area contributed by atoms with Crippen molar-refractivity contribution in [1.29, 1.82) is 0 Å². The Morgan fingerprint density at radius 3 is 3.06 bits per heavy atom. The first-order valence-corrected chi connectivity index (χ1v) is 5.78. The average Bonchev–Trinajstić information content (AvgIpc) is 2.30. The number of hydrogen-bond donors (Lipinski definition) is 1. The van der Waals surface area contributed by atoms with Crippen LogP contribution in [0.4, 0.5) is 0 Å². The van der Waals surface area contributed by atoms with Crippen LogP contribution in [0.25, 0.3) is 0 Å². The summed E-state index contributed by atoms with van der Waals surface area (Å²) in [5, 5.41) is 3.27. The summed E-state index contributed by atoms with van der Waals surface area (Å²) in [5.41, 5.74) is 0. The summed E-state index contributed by atoms with van der Waals surface area (Å²) < 4.78 is 10.3. The van der Waals surface area contributed by atoms with Crippen LogP contribution in [-0.2, 0) is 14.3 Å². The Bertz CT molecular complexity index is 205. The molecule has 1 rings (SSSR count). The lowest BCUT2D eigenvalue weighted by molar-refractivity contribution is -0.131. The van der Waals surface area contributed by atoms with Crippen molar-refractivity contribution in [3.8, 4) is 0 Å². The van der Waals surface area contributed by atoms with Crippen LogP contribution < -0.4 is 5.32 Å². The first kappa shape index (κ1) is 13.4. The van der Waals surface area contributed by atoms with Gasteiger partial charge in [0.25, 0.3) is 0 Å². The molecule has 94 valence electrons. The normalized spacial score (nSPS) is 20.8. The molecular formula is C11H22N2O3. The van der Waals surface area contributed by atoms with Crippen molar-refractivity contribution >= 4 is 5.91 Å². The maximum atomic E-state index is 11.8. The van der Waals surface area contributed by atoms with Crippen LogP contribution in [0.15, 0.2) is 0 Å². The number of carbonyl (C=O) groups excluding carboxylic acids is 1. The molecule has 1 fully saturated rings. The molecule has 1 amide bonds. The third-order valence-electron chi connectivity index (χ3n) is 2.69. The number of morpholine rings is 1. The molecule has 0 radical (unpaired) electrons. The molecule has 0 bridgehead atoms. The monoisotopic (exact) mass is 230 g/mol. The summed E-state index contributed by atoms with van der Waals surface area (Å²) >= 11 is 0. The Kier molecular flexibility index (Phi) is 6.37. The highest BCUT2D eigenvalue weighted by Crippen LogP contribution is 2.02. The Balaban J connectivity index is 2.16. The van der Waals surface area contributed by atoms with E-state index in [2.05, 4.69) is 5.32 Å². The first-order chi connectivity index (χ1) is 7.74. The third-order valence-corrected chi connectivity index (χ3v) is 2.69. The van der Waals surface area contributed by atoms with Gasteiger partial charge in [-0.1, -0.05) is 0 Å². The lowest BCUT2D eigenvalue weighted by atomic mass is 10.2. The minimum Gasteiger partial charge on any atom is -0.385 e. The van der Waals surface area contributed by atoms with Gasteiger partial charge in [0, 0.05) is 46.3 Å². The lowest BCUT2D eigenvalue weighted by Gasteiger charge is -2.25. The largest absolute Gasteiger partial charge is 0.385 e. The van der Waals surface area contributed by atoms with Crippen LogP contribution in [0.2, 0.25) is 0 Å². The number of carbonyl (C=O) groups is 1. The van der Waals surface area contributed by atoms with Gasteiger partial charge in [-0.15, -0.1) is 0 Å². The molecule has 16 heavy (non-hydrogen) atoms. The number of ether oxygens (including phenoxy) is 2. The first-order valence-electron chi connectivity index (χ1n) is 5.78. The number of nitrogens with zero attached hydrogens (tertiary/aromatic N) is 1. The van der Waals surface area contributed by atoms with Gasteiger partial charge in [0.1, 0.15) is 0 Å². The van der Waals surface area contributed by atoms with E-state index in [-0.39, 0.29) is 11.9 Å². The molecular weight excluding hydrogens is 208 g/mol. The molecule has 1 aliphatic rings. The maximum Gasteiger partial charge on any atom is 0.223 e. The Labute approximate surface area is 97.1 Å². The van der Waals surface area contributed by atoms with E-state index in [1.165, 1.54) is 0 Å². The molecule has 5 nitrogen and oxygen atoms in total. The summed E-state index contributed by atoms with van der Waals surface area (Å²) in [5.74, 6) is 0.166. The lowest BCUT2D eigenvalue weighted by Crippen LogP contribution is -2.44. The minimum atomic E-state index is 0.166. The van der Waals surface area contributed by atoms with E-state index in [0.29, 0.717) is 19.6 Å². The topological polar surface area (TPSA) is 50.8 Å². The minimum absolute atomic E-state index is 0.166. The van der Waals surface area contributed by atoms with Crippen molar-refractivity contribution in [3.63, 3.8) is 0 Å². The van der Waals surface area contributed by atoms with Crippen LogP contribution in [0.3, 0.4) is 0 Å². The number of hydrogen-bond acceptors (Lipinski definition) is 4. The second-order valence-electron chi connectivity index (χ2n) is 4.09. The average molecular weight is 230 g/mol. The molecule has 0 saturated carbocycles. The highest BCUT2D eigenvalue weighted by Gasteiger charge is 2.18. The number of amides is 1. The van der Waals surface area contributed by atoms with E-state index >= 15 is 0 Å². The predicted molar refractivity (Wildman–Crippen MR) is 61.4 cm³/mol. The summed E-state index contributed by atoms with van der Waals surface area (Å²) in [7, 11) is 3.51. The van der Waals surface area contributed by atoms with E-state index in [0.717, 1.165) is 26.1 Å². The molecule has 1 atom stereocenters. The fraction of sp³-hybridized carbons (Fsp3) is 0.909. The maximum absolute atomic E-state index is 11.8. The molecule has 1 N–H and O–H groups in total. The summed E-state index contributed by atoms with van der Waals surface area (Å²) in [6.07, 6.45) is 1.40. The SMILES string of the molecule is COCCCN(C)C(=O)CC1COCCN1. The van der Waals surface area contributed by atoms with Crippen LogP contribution in [0.1, 0.15) is 12.8 Å².